The van der Waals surface area contributed by atoms with E-state index in [4.69, 9.17) is 19.4 Å². The van der Waals surface area contributed by atoms with Crippen LogP contribution in [0.5, 0.6) is 11.5 Å². The number of amides is 1. The number of nitrogens with zero attached hydrogens (tertiary/aromatic N) is 3. The molecule has 2 aromatic rings. The highest BCUT2D eigenvalue weighted by molar-refractivity contribution is 5.79. The van der Waals surface area contributed by atoms with Crippen LogP contribution in [0, 0.1) is 11.7 Å². The second kappa shape index (κ2) is 8.93. The van der Waals surface area contributed by atoms with Crippen LogP contribution in [0.25, 0.3) is 11.4 Å². The van der Waals surface area contributed by atoms with Crippen molar-refractivity contribution >= 4 is 12.4 Å². The van der Waals surface area contributed by atoms with E-state index >= 15 is 0 Å². The number of hydrogen-bond donors (Lipinski definition) is 1. The van der Waals surface area contributed by atoms with Crippen LogP contribution in [0.2, 0.25) is 0 Å². The van der Waals surface area contributed by atoms with Gasteiger partial charge in [-0.1, -0.05) is 0 Å². The Morgan fingerprint density at radius 1 is 1.28 bits per heavy atom. The molecule has 4 rings (SSSR count). The largest absolute Gasteiger partial charge is 0.493 e. The summed E-state index contributed by atoms with van der Waals surface area (Å²) in [5.41, 5.74) is 0.357. The van der Waals surface area contributed by atoms with Crippen LogP contribution in [-0.4, -0.2) is 58.7 Å². The number of ether oxygens (including phenoxy) is 2. The predicted molar refractivity (Wildman–Crippen MR) is 102 cm³/mol. The quantitative estimate of drug-likeness (QED) is 0.742. The van der Waals surface area contributed by atoms with Crippen molar-refractivity contribution < 1.29 is 28.6 Å². The fraction of sp³-hybridized carbons (Fsp3) is 0.450. The van der Waals surface area contributed by atoms with Gasteiger partial charge in [-0.3, -0.25) is 9.59 Å². The molecule has 2 fully saturated rings. The lowest BCUT2D eigenvalue weighted by Gasteiger charge is -2.17. The zero-order chi connectivity index (χ0) is 21.0. The molecule has 1 aliphatic heterocycles. The van der Waals surface area contributed by atoms with Crippen molar-refractivity contribution in [2.24, 2.45) is 5.92 Å². The highest BCUT2D eigenvalue weighted by Crippen LogP contribution is 2.36. The molecular weight excluding hydrogens is 381 g/mol. The molecular formula is C20H24FN3O5. The molecule has 156 valence electrons. The predicted octanol–water partition coefficient (Wildman–Crippen LogP) is 2.42. The molecule has 1 aromatic carbocycles. The van der Waals surface area contributed by atoms with Crippen molar-refractivity contribution in [1.82, 2.24) is 14.5 Å². The van der Waals surface area contributed by atoms with Crippen molar-refractivity contribution in [3.8, 4) is 22.9 Å². The Morgan fingerprint density at radius 3 is 2.55 bits per heavy atom. The van der Waals surface area contributed by atoms with E-state index in [0.29, 0.717) is 41.9 Å². The van der Waals surface area contributed by atoms with Gasteiger partial charge in [0.25, 0.3) is 6.47 Å². The van der Waals surface area contributed by atoms with E-state index in [1.54, 1.807) is 12.3 Å². The number of carbonyl (C=O) groups is 2. The van der Waals surface area contributed by atoms with Gasteiger partial charge in [0.05, 0.1) is 19.8 Å². The van der Waals surface area contributed by atoms with E-state index in [2.05, 4.69) is 4.98 Å². The summed E-state index contributed by atoms with van der Waals surface area (Å²) in [6.07, 6.45) is 6.26. The van der Waals surface area contributed by atoms with E-state index in [1.807, 2.05) is 15.7 Å². The van der Waals surface area contributed by atoms with Crippen molar-refractivity contribution in [3.63, 3.8) is 0 Å². The van der Waals surface area contributed by atoms with Crippen LogP contribution in [0.4, 0.5) is 4.39 Å². The second-order valence-electron chi connectivity index (χ2n) is 7.04. The van der Waals surface area contributed by atoms with E-state index in [-0.39, 0.29) is 18.3 Å². The smallest absolute Gasteiger partial charge is 0.290 e. The van der Waals surface area contributed by atoms with Crippen molar-refractivity contribution in [2.45, 2.75) is 31.8 Å². The summed E-state index contributed by atoms with van der Waals surface area (Å²) >= 11 is 0. The number of imidazole rings is 1. The zero-order valence-corrected chi connectivity index (χ0v) is 16.4. The lowest BCUT2D eigenvalue weighted by atomic mass is 10.1. The number of carbonyl (C=O) groups excluding carboxylic acids is 1. The molecule has 0 bridgehead atoms. The Bertz CT molecular complexity index is 881. The lowest BCUT2D eigenvalue weighted by Crippen LogP contribution is -2.27. The third kappa shape index (κ3) is 4.49. The average molecular weight is 405 g/mol. The van der Waals surface area contributed by atoms with Gasteiger partial charge in [-0.25, -0.2) is 9.37 Å². The SMILES string of the molecule is COc1cc(F)c(-c2nccn2CC2CC(=O)N(C3CC3)C2)cc1OC.O=CO. The first-order valence-electron chi connectivity index (χ1n) is 9.32. The van der Waals surface area contributed by atoms with Gasteiger partial charge in [-0.05, 0) is 18.9 Å². The fourth-order valence-electron chi connectivity index (χ4n) is 3.67. The maximum atomic E-state index is 14.6. The lowest BCUT2D eigenvalue weighted by molar-refractivity contribution is -0.128. The Kier molecular flexibility index (Phi) is 6.36. The minimum absolute atomic E-state index is 0.222. The number of benzene rings is 1. The molecule has 1 saturated heterocycles. The minimum atomic E-state index is -0.419. The summed E-state index contributed by atoms with van der Waals surface area (Å²) in [4.78, 5) is 26.9. The first kappa shape index (κ1) is 20.6. The number of carboxylic acid groups (broad SMARTS) is 1. The average Bonchev–Trinajstić information content (AvgIpc) is 3.34. The maximum absolute atomic E-state index is 14.6. The molecule has 1 atom stereocenters. The molecule has 8 nitrogen and oxygen atoms in total. The van der Waals surface area contributed by atoms with Gasteiger partial charge in [0.1, 0.15) is 11.6 Å². The van der Waals surface area contributed by atoms with E-state index < -0.39 is 5.82 Å². The minimum Gasteiger partial charge on any atom is -0.493 e. The number of halogens is 1. The van der Waals surface area contributed by atoms with Crippen LogP contribution in [0.1, 0.15) is 19.3 Å². The summed E-state index contributed by atoms with van der Waals surface area (Å²) in [6.45, 7) is 1.16. The topological polar surface area (TPSA) is 93.9 Å². The first-order valence-corrected chi connectivity index (χ1v) is 9.32. The van der Waals surface area contributed by atoms with Gasteiger partial charge in [-0.2, -0.15) is 0 Å². The Labute approximate surface area is 167 Å². The van der Waals surface area contributed by atoms with Gasteiger partial charge in [-0.15, -0.1) is 0 Å². The van der Waals surface area contributed by atoms with E-state index in [9.17, 15) is 9.18 Å². The van der Waals surface area contributed by atoms with Gasteiger partial charge in [0.15, 0.2) is 11.5 Å². The van der Waals surface area contributed by atoms with Crippen LogP contribution in [0.3, 0.4) is 0 Å². The van der Waals surface area contributed by atoms with Gasteiger partial charge < -0.3 is 24.0 Å². The number of likely N-dealkylation sites (tertiary alicyclic amines) is 1. The Morgan fingerprint density at radius 2 is 1.93 bits per heavy atom. The maximum Gasteiger partial charge on any atom is 0.290 e. The monoisotopic (exact) mass is 405 g/mol. The van der Waals surface area contributed by atoms with Gasteiger partial charge >= 0.3 is 0 Å². The van der Waals surface area contributed by atoms with Crippen LogP contribution < -0.4 is 9.47 Å². The van der Waals surface area contributed by atoms with E-state index in [1.165, 1.54) is 20.3 Å². The molecule has 1 amide bonds. The van der Waals surface area contributed by atoms with Crippen molar-refractivity contribution in [2.75, 3.05) is 20.8 Å². The van der Waals surface area contributed by atoms with Crippen molar-refractivity contribution in [1.29, 1.82) is 0 Å². The summed E-state index contributed by atoms with van der Waals surface area (Å²) in [7, 11) is 2.99. The number of hydrogen-bond acceptors (Lipinski definition) is 5. The standard InChI is InChI=1S/C19H22FN3O3.CH2O2/c1-25-16-8-14(15(20)9-17(16)26-2)19-21-5-6-22(19)10-12-7-18(24)23(11-12)13-3-4-13;2-1-3/h5-6,8-9,12-13H,3-4,7,10-11H2,1-2H3;1H,(H,2,3). The summed E-state index contributed by atoms with van der Waals surface area (Å²) in [6, 6.07) is 3.35. The summed E-state index contributed by atoms with van der Waals surface area (Å²) in [5.74, 6) is 1.36. The molecule has 1 aromatic heterocycles. The van der Waals surface area contributed by atoms with Crippen LogP contribution in [0.15, 0.2) is 24.5 Å². The molecule has 9 heteroatoms. The Hall–Kier alpha value is -3.10. The molecule has 2 aliphatic rings. The summed E-state index contributed by atoms with van der Waals surface area (Å²) in [5, 5.41) is 6.89. The Balaban J connectivity index is 0.000000755. The highest BCUT2D eigenvalue weighted by Gasteiger charge is 2.39. The molecule has 1 N–H and O–H groups in total. The summed E-state index contributed by atoms with van der Waals surface area (Å²) < 4.78 is 26.9. The highest BCUT2D eigenvalue weighted by atomic mass is 19.1. The van der Waals surface area contributed by atoms with Gasteiger partial charge in [0, 0.05) is 49.9 Å². The number of methoxy groups -OCH3 is 2. The first-order chi connectivity index (χ1) is 14.0. The van der Waals surface area contributed by atoms with E-state index in [0.717, 1.165) is 19.4 Å². The number of rotatable bonds is 6. The van der Waals surface area contributed by atoms with Gasteiger partial charge in [0.2, 0.25) is 5.91 Å². The molecule has 29 heavy (non-hydrogen) atoms. The van der Waals surface area contributed by atoms with Crippen molar-refractivity contribution in [3.05, 3.63) is 30.3 Å². The third-order valence-electron chi connectivity index (χ3n) is 5.11. The molecule has 1 aliphatic carbocycles. The van der Waals surface area contributed by atoms with Crippen LogP contribution >= 0.6 is 0 Å². The third-order valence-corrected chi connectivity index (χ3v) is 5.11. The molecule has 2 heterocycles. The zero-order valence-electron chi connectivity index (χ0n) is 16.4. The van der Waals surface area contributed by atoms with Crippen LogP contribution in [-0.2, 0) is 16.1 Å². The molecule has 0 radical (unpaired) electrons. The normalized spacial score (nSPS) is 18.2. The molecule has 1 saturated carbocycles. The number of aromatic nitrogens is 2. The fourth-order valence-corrected chi connectivity index (χ4v) is 3.67. The molecule has 0 spiro atoms. The second-order valence-corrected chi connectivity index (χ2v) is 7.04. The molecule has 1 unspecified atom stereocenters.